The van der Waals surface area contributed by atoms with Crippen LogP contribution in [0.3, 0.4) is 0 Å². The van der Waals surface area contributed by atoms with Crippen molar-refractivity contribution in [2.75, 3.05) is 37.2 Å². The highest BCUT2D eigenvalue weighted by Crippen LogP contribution is 2.33. The van der Waals surface area contributed by atoms with Crippen molar-refractivity contribution in [2.45, 2.75) is 37.6 Å². The van der Waals surface area contributed by atoms with Crippen LogP contribution in [0.25, 0.3) is 0 Å². The molecule has 7 heteroatoms. The number of benzene rings is 1. The van der Waals surface area contributed by atoms with Crippen molar-refractivity contribution < 1.29 is 13.2 Å². The number of carbonyl (C=O) groups is 1. The lowest BCUT2D eigenvalue weighted by atomic mass is 9.96. The molecule has 138 valence electrons. The quantitative estimate of drug-likeness (QED) is 0.864. The molecule has 1 heterocycles. The number of likely N-dealkylation sites (N-methyl/N-ethyl adjacent to an activating group) is 1. The highest BCUT2D eigenvalue weighted by molar-refractivity contribution is 7.93. The lowest BCUT2D eigenvalue weighted by Gasteiger charge is -2.36. The average molecular weight is 365 g/mol. The summed E-state index contributed by atoms with van der Waals surface area (Å²) in [7, 11) is 0.898. The normalized spacial score (nSPS) is 21.6. The van der Waals surface area contributed by atoms with E-state index in [0.29, 0.717) is 30.8 Å². The van der Waals surface area contributed by atoms with E-state index < -0.39 is 10.0 Å². The number of hydrogen-bond acceptors (Lipinski definition) is 4. The summed E-state index contributed by atoms with van der Waals surface area (Å²) < 4.78 is 25.6. The van der Waals surface area contributed by atoms with E-state index in [1.165, 1.54) is 17.1 Å². The Hall–Kier alpha value is -1.60. The molecule has 1 saturated carbocycles. The van der Waals surface area contributed by atoms with Gasteiger partial charge >= 0.3 is 0 Å². The Morgan fingerprint density at radius 2 is 1.96 bits per heavy atom. The minimum atomic E-state index is -3.23. The molecule has 0 radical (unpaired) electrons. The lowest BCUT2D eigenvalue weighted by molar-refractivity contribution is 0.0900. The monoisotopic (exact) mass is 365 g/mol. The molecule has 6 nitrogen and oxygen atoms in total. The van der Waals surface area contributed by atoms with Crippen molar-refractivity contribution in [3.05, 3.63) is 29.8 Å². The molecule has 1 aromatic carbocycles. The third-order valence-corrected chi connectivity index (χ3v) is 7.43. The standard InChI is InChI=1S/C18H27N3O3S/c1-20(2)18(9-3-4-10-18)14-19-17(22)15-7-5-8-16(13-15)21-11-6-12-25(21,23)24/h5,7-8,13H,3-4,6,9-12,14H2,1-2H3,(H,19,22). The van der Waals surface area contributed by atoms with Gasteiger partial charge in [-0.3, -0.25) is 9.10 Å². The second-order valence-corrected chi connectivity index (χ2v) is 9.31. The van der Waals surface area contributed by atoms with Gasteiger partial charge in [0.1, 0.15) is 0 Å². The van der Waals surface area contributed by atoms with Gasteiger partial charge < -0.3 is 10.2 Å². The topological polar surface area (TPSA) is 69.7 Å². The summed E-state index contributed by atoms with van der Waals surface area (Å²) in [6, 6.07) is 6.90. The molecule has 1 saturated heterocycles. The Labute approximate surface area is 150 Å². The van der Waals surface area contributed by atoms with Crippen LogP contribution in [-0.4, -0.2) is 57.7 Å². The maximum Gasteiger partial charge on any atom is 0.251 e. The number of anilines is 1. The molecule has 0 bridgehead atoms. The Morgan fingerprint density at radius 1 is 1.24 bits per heavy atom. The van der Waals surface area contributed by atoms with E-state index in [9.17, 15) is 13.2 Å². The summed E-state index contributed by atoms with van der Waals surface area (Å²) in [5, 5.41) is 3.05. The molecule has 25 heavy (non-hydrogen) atoms. The second kappa shape index (κ2) is 6.96. The summed E-state index contributed by atoms with van der Waals surface area (Å²) in [4.78, 5) is 14.8. The molecule has 2 fully saturated rings. The molecule has 3 rings (SSSR count). The van der Waals surface area contributed by atoms with Crippen LogP contribution < -0.4 is 9.62 Å². The van der Waals surface area contributed by atoms with Crippen molar-refractivity contribution in [2.24, 2.45) is 0 Å². The zero-order chi connectivity index (χ0) is 18.1. The Balaban J connectivity index is 1.72. The molecular weight excluding hydrogens is 338 g/mol. The zero-order valence-corrected chi connectivity index (χ0v) is 15.8. The Kier molecular flexibility index (Phi) is 5.06. The SMILES string of the molecule is CN(C)C1(CNC(=O)c2cccc(N3CCCS3(=O)=O)c2)CCCC1. The zero-order valence-electron chi connectivity index (χ0n) is 15.0. The fourth-order valence-corrected chi connectivity index (χ4v) is 5.45. The molecule has 0 spiro atoms. The van der Waals surface area contributed by atoms with Crippen molar-refractivity contribution in [1.29, 1.82) is 0 Å². The summed E-state index contributed by atoms with van der Waals surface area (Å²) >= 11 is 0. The molecule has 0 unspecified atom stereocenters. The number of hydrogen-bond donors (Lipinski definition) is 1. The number of sulfonamides is 1. The highest BCUT2D eigenvalue weighted by Gasteiger charge is 2.36. The van der Waals surface area contributed by atoms with Crippen LogP contribution in [0.15, 0.2) is 24.3 Å². The number of amides is 1. The fourth-order valence-electron chi connectivity index (χ4n) is 3.89. The van der Waals surface area contributed by atoms with Gasteiger partial charge in [-0.2, -0.15) is 0 Å². The number of nitrogens with zero attached hydrogens (tertiary/aromatic N) is 2. The van der Waals surface area contributed by atoms with Gasteiger partial charge in [-0.25, -0.2) is 8.42 Å². The van der Waals surface area contributed by atoms with Gasteiger partial charge in [0.2, 0.25) is 10.0 Å². The maximum absolute atomic E-state index is 12.6. The summed E-state index contributed by atoms with van der Waals surface area (Å²) in [5.74, 6) is 0.0287. The molecule has 2 aliphatic rings. The van der Waals surface area contributed by atoms with Gasteiger partial charge in [-0.15, -0.1) is 0 Å². The molecule has 0 atom stereocenters. The van der Waals surface area contributed by atoms with E-state index in [0.717, 1.165) is 12.8 Å². The van der Waals surface area contributed by atoms with E-state index in [-0.39, 0.29) is 17.2 Å². The minimum Gasteiger partial charge on any atom is -0.350 e. The molecule has 1 aliphatic carbocycles. The first-order valence-electron chi connectivity index (χ1n) is 8.90. The highest BCUT2D eigenvalue weighted by atomic mass is 32.2. The van der Waals surface area contributed by atoms with E-state index in [1.54, 1.807) is 24.3 Å². The maximum atomic E-state index is 12.6. The van der Waals surface area contributed by atoms with Crippen LogP contribution in [-0.2, 0) is 10.0 Å². The van der Waals surface area contributed by atoms with Crippen LogP contribution in [0.1, 0.15) is 42.5 Å². The van der Waals surface area contributed by atoms with Crippen LogP contribution >= 0.6 is 0 Å². The van der Waals surface area contributed by atoms with E-state index >= 15 is 0 Å². The van der Waals surface area contributed by atoms with Crippen LogP contribution in [0.4, 0.5) is 5.69 Å². The van der Waals surface area contributed by atoms with Gasteiger partial charge in [-0.05, 0) is 51.6 Å². The largest absolute Gasteiger partial charge is 0.350 e. The predicted molar refractivity (Wildman–Crippen MR) is 99.4 cm³/mol. The van der Waals surface area contributed by atoms with E-state index in [1.807, 2.05) is 0 Å². The van der Waals surface area contributed by atoms with Gasteiger partial charge in [0.25, 0.3) is 5.91 Å². The first-order valence-corrected chi connectivity index (χ1v) is 10.5. The van der Waals surface area contributed by atoms with Crippen molar-refractivity contribution >= 4 is 21.6 Å². The lowest BCUT2D eigenvalue weighted by Crippen LogP contribution is -2.50. The van der Waals surface area contributed by atoms with Gasteiger partial charge in [0.15, 0.2) is 0 Å². The molecule has 1 N–H and O–H groups in total. The number of nitrogens with one attached hydrogen (secondary N) is 1. The van der Waals surface area contributed by atoms with Gasteiger partial charge in [0, 0.05) is 24.2 Å². The predicted octanol–water partition coefficient (Wildman–Crippen LogP) is 1.83. The van der Waals surface area contributed by atoms with Crippen molar-refractivity contribution in [3.8, 4) is 0 Å². The molecule has 0 aromatic heterocycles. The van der Waals surface area contributed by atoms with Crippen molar-refractivity contribution in [3.63, 3.8) is 0 Å². The van der Waals surface area contributed by atoms with Crippen LogP contribution in [0, 0.1) is 0 Å². The number of rotatable bonds is 5. The van der Waals surface area contributed by atoms with E-state index in [4.69, 9.17) is 0 Å². The third kappa shape index (κ3) is 3.67. The summed E-state index contributed by atoms with van der Waals surface area (Å²) in [6.45, 7) is 1.10. The summed E-state index contributed by atoms with van der Waals surface area (Å²) in [5.41, 5.74) is 1.12. The Bertz CT molecular complexity index is 740. The average Bonchev–Trinajstić information content (AvgIpc) is 3.19. The first-order chi connectivity index (χ1) is 11.8. The molecular formula is C18H27N3O3S. The van der Waals surface area contributed by atoms with Gasteiger partial charge in [0.05, 0.1) is 11.4 Å². The number of carbonyl (C=O) groups excluding carboxylic acids is 1. The third-order valence-electron chi connectivity index (χ3n) is 5.56. The molecule has 1 aromatic rings. The fraction of sp³-hybridized carbons (Fsp3) is 0.611. The smallest absolute Gasteiger partial charge is 0.251 e. The Morgan fingerprint density at radius 3 is 2.56 bits per heavy atom. The molecule has 1 aliphatic heterocycles. The van der Waals surface area contributed by atoms with Crippen LogP contribution in [0.2, 0.25) is 0 Å². The minimum absolute atomic E-state index is 0.0333. The van der Waals surface area contributed by atoms with Gasteiger partial charge in [-0.1, -0.05) is 18.9 Å². The van der Waals surface area contributed by atoms with Crippen LogP contribution in [0.5, 0.6) is 0 Å². The molecule has 1 amide bonds. The van der Waals surface area contributed by atoms with Crippen molar-refractivity contribution in [1.82, 2.24) is 10.2 Å². The second-order valence-electron chi connectivity index (χ2n) is 7.30. The first kappa shape index (κ1) is 18.2. The van der Waals surface area contributed by atoms with E-state index in [2.05, 4.69) is 24.3 Å². The summed E-state index contributed by atoms with van der Waals surface area (Å²) in [6.07, 6.45) is 5.19.